The minimum atomic E-state index is -0.488. The Morgan fingerprint density at radius 2 is 1.74 bits per heavy atom. The van der Waals surface area contributed by atoms with Crippen LogP contribution < -0.4 is 19.7 Å². The highest BCUT2D eigenvalue weighted by atomic mass is 32.2. The Hall–Kier alpha value is -3.11. The van der Waals surface area contributed by atoms with E-state index in [1.54, 1.807) is 30.9 Å². The number of methoxy groups -OCH3 is 2. The van der Waals surface area contributed by atoms with Crippen molar-refractivity contribution in [1.82, 2.24) is 10.2 Å². The number of nitrogens with one attached hydrogen (secondary N) is 1. The third-order valence-electron chi connectivity index (χ3n) is 5.65. The normalized spacial score (nSPS) is 18.0. The smallest absolute Gasteiger partial charge is 0.231 e. The first-order valence-corrected chi connectivity index (χ1v) is 12.7. The second-order valence-electron chi connectivity index (χ2n) is 7.62. The van der Waals surface area contributed by atoms with Crippen molar-refractivity contribution in [2.24, 2.45) is 5.92 Å². The minimum Gasteiger partial charge on any atom is -0.497 e. The Balaban J connectivity index is 1.69. The average molecular weight is 499 g/mol. The fraction of sp³-hybridized carbons (Fsp3) is 0.333. The summed E-state index contributed by atoms with van der Waals surface area (Å²) in [6.07, 6.45) is 0.702. The Labute approximate surface area is 206 Å². The number of hydrogen-bond acceptors (Lipinski definition) is 8. The van der Waals surface area contributed by atoms with Crippen molar-refractivity contribution in [1.29, 1.82) is 0 Å². The largest absolute Gasteiger partial charge is 0.497 e. The molecule has 178 valence electrons. The van der Waals surface area contributed by atoms with E-state index in [9.17, 15) is 9.59 Å². The molecule has 1 fully saturated rings. The molecule has 8 nitrogen and oxygen atoms in total. The summed E-state index contributed by atoms with van der Waals surface area (Å²) in [5.74, 6) is 1.59. The zero-order valence-electron chi connectivity index (χ0n) is 19.2. The van der Waals surface area contributed by atoms with Crippen LogP contribution in [0, 0.1) is 5.92 Å². The molecule has 0 bridgehead atoms. The van der Waals surface area contributed by atoms with Gasteiger partial charge in [-0.05, 0) is 54.1 Å². The van der Waals surface area contributed by atoms with Crippen molar-refractivity contribution in [2.75, 3.05) is 30.2 Å². The Bertz CT molecular complexity index is 1130. The Morgan fingerprint density at radius 1 is 1.09 bits per heavy atom. The Kier molecular flexibility index (Phi) is 7.69. The summed E-state index contributed by atoms with van der Waals surface area (Å²) in [5.41, 5.74) is 1.56. The van der Waals surface area contributed by atoms with Gasteiger partial charge < -0.3 is 19.7 Å². The first-order chi connectivity index (χ1) is 16.5. The van der Waals surface area contributed by atoms with Gasteiger partial charge in [-0.2, -0.15) is 0 Å². The molecule has 1 aromatic heterocycles. The Morgan fingerprint density at radius 3 is 2.35 bits per heavy atom. The number of amides is 2. The average Bonchev–Trinajstić information content (AvgIpc) is 3.31. The molecule has 4 rings (SSSR count). The van der Waals surface area contributed by atoms with Gasteiger partial charge in [0.15, 0.2) is 4.34 Å². The topological polar surface area (TPSA) is 93.7 Å². The first-order valence-electron chi connectivity index (χ1n) is 10.9. The van der Waals surface area contributed by atoms with Crippen molar-refractivity contribution < 1.29 is 19.1 Å². The molecule has 2 aromatic carbocycles. The number of anilines is 2. The monoisotopic (exact) mass is 498 g/mol. The van der Waals surface area contributed by atoms with Gasteiger partial charge in [0.05, 0.1) is 26.2 Å². The summed E-state index contributed by atoms with van der Waals surface area (Å²) in [6, 6.07) is 14.3. The molecule has 2 amide bonds. The highest BCUT2D eigenvalue weighted by Gasteiger charge is 2.41. The lowest BCUT2D eigenvalue weighted by Gasteiger charge is -2.40. The maximum absolute atomic E-state index is 13.5. The van der Waals surface area contributed by atoms with Crippen molar-refractivity contribution >= 4 is 45.7 Å². The second kappa shape index (κ2) is 10.9. The van der Waals surface area contributed by atoms with E-state index in [4.69, 9.17) is 9.47 Å². The second-order valence-corrected chi connectivity index (χ2v) is 10.1. The van der Waals surface area contributed by atoms with Crippen molar-refractivity contribution in [2.45, 2.75) is 30.1 Å². The number of carbonyl (C=O) groups is 2. The summed E-state index contributed by atoms with van der Waals surface area (Å²) in [6.45, 7) is 2.04. The molecule has 0 radical (unpaired) electrons. The van der Waals surface area contributed by atoms with Crippen LogP contribution in [-0.2, 0) is 9.59 Å². The van der Waals surface area contributed by atoms with Gasteiger partial charge in [0.25, 0.3) is 0 Å². The molecule has 2 atom stereocenters. The summed E-state index contributed by atoms with van der Waals surface area (Å²) >= 11 is 2.93. The molecule has 0 saturated carbocycles. The summed E-state index contributed by atoms with van der Waals surface area (Å²) in [5, 5.41) is 11.6. The van der Waals surface area contributed by atoms with Crippen LogP contribution in [0.5, 0.6) is 11.5 Å². The number of aromatic nitrogens is 2. The molecule has 2 unspecified atom stereocenters. The predicted molar refractivity (Wildman–Crippen MR) is 134 cm³/mol. The third-order valence-corrected chi connectivity index (χ3v) is 7.50. The maximum atomic E-state index is 13.5. The fourth-order valence-electron chi connectivity index (χ4n) is 4.04. The molecule has 10 heteroatoms. The van der Waals surface area contributed by atoms with E-state index >= 15 is 0 Å². The SMILES string of the molecule is CCSc1nnc(NC(=O)C2CCC(=O)N(c3ccc(OC)cc3)C2c2ccc(OC)cc2)s1. The van der Waals surface area contributed by atoms with Gasteiger partial charge in [0.2, 0.25) is 16.9 Å². The van der Waals surface area contributed by atoms with Crippen molar-refractivity contribution in [3.8, 4) is 11.5 Å². The van der Waals surface area contributed by atoms with Crippen LogP contribution >= 0.6 is 23.1 Å². The quantitative estimate of drug-likeness (QED) is 0.352. The van der Waals surface area contributed by atoms with Gasteiger partial charge in [-0.3, -0.25) is 9.59 Å². The van der Waals surface area contributed by atoms with Crippen LogP contribution in [-0.4, -0.2) is 42.0 Å². The van der Waals surface area contributed by atoms with E-state index < -0.39 is 12.0 Å². The van der Waals surface area contributed by atoms with Crippen LogP contribution in [0.2, 0.25) is 0 Å². The number of thioether (sulfide) groups is 1. The molecule has 3 aromatic rings. The first kappa shape index (κ1) is 24.0. The number of rotatable bonds is 8. The zero-order chi connectivity index (χ0) is 24.1. The van der Waals surface area contributed by atoms with Gasteiger partial charge in [0, 0.05) is 12.1 Å². The predicted octanol–water partition coefficient (Wildman–Crippen LogP) is 4.79. The summed E-state index contributed by atoms with van der Waals surface area (Å²) < 4.78 is 11.4. The van der Waals surface area contributed by atoms with Crippen LogP contribution in [0.25, 0.3) is 0 Å². The number of piperidine rings is 1. The van der Waals surface area contributed by atoms with Crippen LogP contribution in [0.3, 0.4) is 0 Å². The molecular weight excluding hydrogens is 472 g/mol. The van der Waals surface area contributed by atoms with Gasteiger partial charge in [-0.25, -0.2) is 0 Å². The molecule has 1 saturated heterocycles. The maximum Gasteiger partial charge on any atom is 0.231 e. The fourth-order valence-corrected chi connectivity index (χ4v) is 5.69. The van der Waals surface area contributed by atoms with Gasteiger partial charge in [0.1, 0.15) is 11.5 Å². The van der Waals surface area contributed by atoms with E-state index in [2.05, 4.69) is 15.5 Å². The molecule has 0 aliphatic carbocycles. The summed E-state index contributed by atoms with van der Waals surface area (Å²) in [7, 11) is 3.20. The standard InChI is InChI=1S/C24H26N4O4S2/c1-4-33-24-27-26-23(34-24)25-22(30)19-13-14-20(29)28(16-7-11-18(32-3)12-8-16)21(19)15-5-9-17(31-2)10-6-15/h5-12,19,21H,4,13-14H2,1-3H3,(H,25,26,30). The molecule has 2 heterocycles. The zero-order valence-corrected chi connectivity index (χ0v) is 20.8. The van der Waals surface area contributed by atoms with Crippen LogP contribution in [0.4, 0.5) is 10.8 Å². The number of benzene rings is 2. The van der Waals surface area contributed by atoms with Crippen LogP contribution in [0.15, 0.2) is 52.9 Å². The lowest BCUT2D eigenvalue weighted by Crippen LogP contribution is -2.46. The summed E-state index contributed by atoms with van der Waals surface area (Å²) in [4.78, 5) is 28.4. The molecule has 1 N–H and O–H groups in total. The van der Waals surface area contributed by atoms with E-state index in [1.807, 2.05) is 55.5 Å². The lowest BCUT2D eigenvalue weighted by molar-refractivity contribution is -0.125. The number of nitrogens with zero attached hydrogens (tertiary/aromatic N) is 3. The van der Waals surface area contributed by atoms with E-state index in [0.29, 0.717) is 28.7 Å². The molecular formula is C24H26N4O4S2. The van der Waals surface area contributed by atoms with E-state index in [-0.39, 0.29) is 18.2 Å². The highest BCUT2D eigenvalue weighted by molar-refractivity contribution is 8.01. The number of hydrogen-bond donors (Lipinski definition) is 1. The van der Waals surface area contributed by atoms with Gasteiger partial charge >= 0.3 is 0 Å². The third kappa shape index (κ3) is 5.18. The minimum absolute atomic E-state index is 0.0346. The molecule has 0 spiro atoms. The molecule has 1 aliphatic rings. The van der Waals surface area contributed by atoms with E-state index in [1.165, 1.54) is 11.3 Å². The molecule has 1 aliphatic heterocycles. The van der Waals surface area contributed by atoms with Crippen LogP contribution in [0.1, 0.15) is 31.4 Å². The van der Waals surface area contributed by atoms with Crippen molar-refractivity contribution in [3.05, 3.63) is 54.1 Å². The van der Waals surface area contributed by atoms with Crippen molar-refractivity contribution in [3.63, 3.8) is 0 Å². The lowest BCUT2D eigenvalue weighted by atomic mass is 9.83. The number of ether oxygens (including phenoxy) is 2. The number of carbonyl (C=O) groups excluding carboxylic acids is 2. The van der Waals surface area contributed by atoms with Gasteiger partial charge in [-0.15, -0.1) is 10.2 Å². The molecule has 34 heavy (non-hydrogen) atoms. The van der Waals surface area contributed by atoms with E-state index in [0.717, 1.165) is 15.7 Å². The van der Waals surface area contributed by atoms with Gasteiger partial charge in [-0.1, -0.05) is 42.2 Å². The highest BCUT2D eigenvalue weighted by Crippen LogP contribution is 2.41.